The summed E-state index contributed by atoms with van der Waals surface area (Å²) in [6.45, 7) is 0.394. The van der Waals surface area contributed by atoms with Gasteiger partial charge >= 0.3 is 6.01 Å². The second-order valence-corrected chi connectivity index (χ2v) is 5.29. The second-order valence-electron chi connectivity index (χ2n) is 5.29. The van der Waals surface area contributed by atoms with E-state index in [1.807, 2.05) is 54.6 Å². The lowest BCUT2D eigenvalue weighted by Crippen LogP contribution is -2.05. The topological polar surface area (TPSA) is 68.6 Å². The maximum Gasteiger partial charge on any atom is 0.347 e. The fraction of sp³-hybridized carbons (Fsp3) is 0.105. The molecular weight excluding hydrogens is 335 g/mol. The summed E-state index contributed by atoms with van der Waals surface area (Å²) >= 11 is 0. The largest absolute Gasteiger partial charge is 0.497 e. The Morgan fingerprint density at radius 1 is 1.12 bits per heavy atom. The lowest BCUT2D eigenvalue weighted by molar-refractivity contribution is 0.314. The number of halogens is 1. The molecule has 0 fully saturated rings. The molecule has 0 saturated carbocycles. The van der Waals surface area contributed by atoms with E-state index in [0.29, 0.717) is 6.54 Å². The third-order valence-electron chi connectivity index (χ3n) is 3.48. The first-order valence-corrected chi connectivity index (χ1v) is 7.89. The van der Waals surface area contributed by atoms with Gasteiger partial charge in [0.1, 0.15) is 5.75 Å². The molecule has 0 aliphatic rings. The van der Waals surface area contributed by atoms with Crippen LogP contribution in [0, 0.1) is 5.82 Å². The van der Waals surface area contributed by atoms with Crippen molar-refractivity contribution in [2.75, 3.05) is 12.4 Å². The molecule has 26 heavy (non-hydrogen) atoms. The number of benzene rings is 2. The number of rotatable bonds is 7. The van der Waals surface area contributed by atoms with Crippen LogP contribution < -0.4 is 14.9 Å². The highest BCUT2D eigenvalue weighted by molar-refractivity contribution is 5.78. The van der Waals surface area contributed by atoms with E-state index in [9.17, 15) is 4.39 Å². The van der Waals surface area contributed by atoms with Gasteiger partial charge in [-0.1, -0.05) is 47.6 Å². The molecule has 0 amide bonds. The highest BCUT2D eigenvalue weighted by Gasteiger charge is 2.08. The van der Waals surface area contributed by atoms with Gasteiger partial charge in [-0.3, -0.25) is 0 Å². The van der Waals surface area contributed by atoms with E-state index < -0.39 is 5.82 Å². The quantitative estimate of drug-likeness (QED) is 0.519. The summed E-state index contributed by atoms with van der Waals surface area (Å²) in [7, 11) is 1.60. The first kappa shape index (κ1) is 17.3. The Bertz CT molecular complexity index is 870. The molecule has 2 aromatic carbocycles. The van der Waals surface area contributed by atoms with E-state index >= 15 is 0 Å². The molecular formula is C19H17FN4O2. The van der Waals surface area contributed by atoms with Crippen molar-refractivity contribution in [3.63, 3.8) is 0 Å². The van der Waals surface area contributed by atoms with Gasteiger partial charge in [0.2, 0.25) is 0 Å². The summed E-state index contributed by atoms with van der Waals surface area (Å²) in [4.78, 5) is 12.9. The van der Waals surface area contributed by atoms with E-state index in [1.54, 1.807) is 7.11 Å². The van der Waals surface area contributed by atoms with Gasteiger partial charge in [0.05, 0.1) is 19.5 Å². The van der Waals surface area contributed by atoms with Crippen molar-refractivity contribution >= 4 is 12.0 Å². The molecule has 3 aromatic rings. The Balaban J connectivity index is 1.62. The van der Waals surface area contributed by atoms with E-state index in [2.05, 4.69) is 20.4 Å². The van der Waals surface area contributed by atoms with Gasteiger partial charge in [-0.25, -0.2) is 4.39 Å². The van der Waals surface area contributed by atoms with Gasteiger partial charge in [-0.2, -0.15) is 9.97 Å². The second kappa shape index (κ2) is 8.57. The van der Waals surface area contributed by atoms with Crippen LogP contribution in [0.5, 0.6) is 11.8 Å². The van der Waals surface area contributed by atoms with Crippen molar-refractivity contribution in [1.82, 2.24) is 9.97 Å². The number of nitrogens with zero attached hydrogens (tertiary/aromatic N) is 3. The fourth-order valence-corrected chi connectivity index (χ4v) is 2.12. The molecule has 0 unspecified atom stereocenters. The SMILES string of the molecule is COc1ccc(CNc2nc(ON=Cc3ccccc3)ncc2F)cc1. The van der Waals surface area contributed by atoms with Crippen LogP contribution >= 0.6 is 0 Å². The summed E-state index contributed by atoms with van der Waals surface area (Å²) in [6.07, 6.45) is 2.56. The average Bonchev–Trinajstić information content (AvgIpc) is 2.69. The van der Waals surface area contributed by atoms with Gasteiger partial charge in [-0.15, -0.1) is 0 Å². The summed E-state index contributed by atoms with van der Waals surface area (Å²) in [6, 6.07) is 16.8. The number of hydrogen-bond acceptors (Lipinski definition) is 6. The minimum Gasteiger partial charge on any atom is -0.497 e. The van der Waals surface area contributed by atoms with Crippen molar-refractivity contribution < 1.29 is 14.0 Å². The summed E-state index contributed by atoms with van der Waals surface area (Å²) in [5.41, 5.74) is 1.82. The summed E-state index contributed by atoms with van der Waals surface area (Å²) in [5.74, 6) is 0.229. The number of oxime groups is 1. The molecule has 1 aromatic heterocycles. The maximum absolute atomic E-state index is 13.9. The van der Waals surface area contributed by atoms with Crippen LogP contribution in [0.3, 0.4) is 0 Å². The molecule has 132 valence electrons. The predicted molar refractivity (Wildman–Crippen MR) is 97.0 cm³/mol. The lowest BCUT2D eigenvalue weighted by Gasteiger charge is -2.08. The van der Waals surface area contributed by atoms with Crippen LogP contribution in [-0.4, -0.2) is 23.3 Å². The Labute approximate surface area is 150 Å². The highest BCUT2D eigenvalue weighted by atomic mass is 19.1. The Morgan fingerprint density at radius 3 is 2.62 bits per heavy atom. The molecule has 7 heteroatoms. The zero-order valence-corrected chi connectivity index (χ0v) is 14.1. The van der Waals surface area contributed by atoms with Gasteiger partial charge in [0.25, 0.3) is 0 Å². The molecule has 1 N–H and O–H groups in total. The summed E-state index contributed by atoms with van der Waals surface area (Å²) in [5, 5.41) is 6.72. The van der Waals surface area contributed by atoms with Crippen LogP contribution in [0.2, 0.25) is 0 Å². The molecule has 0 bridgehead atoms. The third-order valence-corrected chi connectivity index (χ3v) is 3.48. The minimum absolute atomic E-state index is 0.0423. The van der Waals surface area contributed by atoms with E-state index in [4.69, 9.17) is 9.57 Å². The van der Waals surface area contributed by atoms with Crippen LogP contribution in [0.1, 0.15) is 11.1 Å². The molecule has 6 nitrogen and oxygen atoms in total. The van der Waals surface area contributed by atoms with Crippen molar-refractivity contribution in [2.24, 2.45) is 5.16 Å². The third kappa shape index (κ3) is 4.76. The molecule has 0 spiro atoms. The van der Waals surface area contributed by atoms with Gasteiger partial charge in [0.15, 0.2) is 11.6 Å². The molecule has 0 radical (unpaired) electrons. The smallest absolute Gasteiger partial charge is 0.347 e. The maximum atomic E-state index is 13.9. The number of nitrogens with one attached hydrogen (secondary N) is 1. The summed E-state index contributed by atoms with van der Waals surface area (Å²) < 4.78 is 19.0. The van der Waals surface area contributed by atoms with E-state index in [-0.39, 0.29) is 11.8 Å². The molecule has 0 aliphatic carbocycles. The Morgan fingerprint density at radius 2 is 1.88 bits per heavy atom. The molecule has 0 aliphatic heterocycles. The average molecular weight is 352 g/mol. The zero-order chi connectivity index (χ0) is 18.2. The zero-order valence-electron chi connectivity index (χ0n) is 14.1. The molecule has 0 atom stereocenters. The Kier molecular flexibility index (Phi) is 5.72. The number of ether oxygens (including phenoxy) is 1. The standard InChI is InChI=1S/C19H17FN4O2/c1-25-16-9-7-15(8-10-16)11-21-18-17(20)13-22-19(24-18)26-23-12-14-5-3-2-4-6-14/h2-10,12-13H,11H2,1H3,(H,21,22,24). The monoisotopic (exact) mass is 352 g/mol. The van der Waals surface area contributed by atoms with Crippen LogP contribution in [-0.2, 0) is 6.54 Å². The van der Waals surface area contributed by atoms with Gasteiger partial charge in [-0.05, 0) is 23.3 Å². The Hall–Kier alpha value is -3.48. The minimum atomic E-state index is -0.571. The molecule has 1 heterocycles. The first-order valence-electron chi connectivity index (χ1n) is 7.89. The predicted octanol–water partition coefficient (Wildman–Crippen LogP) is 3.65. The molecule has 0 saturated heterocycles. The number of anilines is 1. The number of hydrogen-bond donors (Lipinski definition) is 1. The van der Waals surface area contributed by atoms with Gasteiger partial charge < -0.3 is 14.9 Å². The van der Waals surface area contributed by atoms with Crippen LogP contribution in [0.15, 0.2) is 65.9 Å². The van der Waals surface area contributed by atoms with Crippen molar-refractivity contribution in [2.45, 2.75) is 6.54 Å². The first-order chi connectivity index (χ1) is 12.7. The van der Waals surface area contributed by atoms with Crippen LogP contribution in [0.4, 0.5) is 10.2 Å². The van der Waals surface area contributed by atoms with Crippen molar-refractivity contribution in [1.29, 1.82) is 0 Å². The fourth-order valence-electron chi connectivity index (χ4n) is 2.12. The number of methoxy groups -OCH3 is 1. The van der Waals surface area contributed by atoms with Gasteiger partial charge in [0, 0.05) is 6.54 Å². The number of aromatic nitrogens is 2. The van der Waals surface area contributed by atoms with Crippen LogP contribution in [0.25, 0.3) is 0 Å². The lowest BCUT2D eigenvalue weighted by atomic mass is 10.2. The highest BCUT2D eigenvalue weighted by Crippen LogP contribution is 2.16. The normalized spacial score (nSPS) is 10.7. The van der Waals surface area contributed by atoms with Crippen molar-refractivity contribution in [3.05, 3.63) is 77.7 Å². The van der Waals surface area contributed by atoms with Crippen molar-refractivity contribution in [3.8, 4) is 11.8 Å². The van der Waals surface area contributed by atoms with E-state index in [0.717, 1.165) is 23.1 Å². The molecule has 3 rings (SSSR count). The van der Waals surface area contributed by atoms with E-state index in [1.165, 1.54) is 6.21 Å².